The molecule has 0 saturated heterocycles. The Hall–Kier alpha value is -2.19. The van der Waals surface area contributed by atoms with Gasteiger partial charge >= 0.3 is 0 Å². The number of aryl methyl sites for hydroxylation is 1. The molecular weight excluding hydrogens is 399 g/mol. The molecule has 0 spiro atoms. The maximum absolute atomic E-state index is 11.7. The summed E-state index contributed by atoms with van der Waals surface area (Å²) in [5, 5.41) is 19.1. The van der Waals surface area contributed by atoms with Gasteiger partial charge < -0.3 is 5.11 Å². The van der Waals surface area contributed by atoms with Crippen LogP contribution in [0.15, 0.2) is 57.6 Å². The Kier molecular flexibility index (Phi) is 4.90. The summed E-state index contributed by atoms with van der Waals surface area (Å²) >= 11 is 12.1. The van der Waals surface area contributed by atoms with Gasteiger partial charge in [-0.2, -0.15) is 8.42 Å². The van der Waals surface area contributed by atoms with Crippen LogP contribution in [0.25, 0.3) is 10.8 Å². The third kappa shape index (κ3) is 3.39. The van der Waals surface area contributed by atoms with Gasteiger partial charge in [-0.3, -0.25) is 4.55 Å². The predicted molar refractivity (Wildman–Crippen MR) is 101 cm³/mol. The first-order chi connectivity index (χ1) is 12.2. The first kappa shape index (κ1) is 18.6. The van der Waals surface area contributed by atoms with Crippen molar-refractivity contribution in [2.75, 3.05) is 0 Å². The number of fused-ring (bicyclic) bond motifs is 1. The lowest BCUT2D eigenvalue weighted by Gasteiger charge is -2.09. The molecule has 0 aliphatic rings. The van der Waals surface area contributed by atoms with E-state index in [1.54, 1.807) is 25.1 Å². The summed E-state index contributed by atoms with van der Waals surface area (Å²) < 4.78 is 32.8. The summed E-state index contributed by atoms with van der Waals surface area (Å²) in [6.45, 7) is 1.61. The predicted octanol–water partition coefficient (Wildman–Crippen LogP) is 5.82. The third-order valence-corrected chi connectivity index (χ3v) is 5.53. The molecule has 9 heteroatoms. The molecule has 0 atom stereocenters. The summed E-state index contributed by atoms with van der Waals surface area (Å²) in [6.07, 6.45) is 0. The highest BCUT2D eigenvalue weighted by Crippen LogP contribution is 2.42. The summed E-state index contributed by atoms with van der Waals surface area (Å²) in [7, 11) is -4.69. The molecule has 0 amide bonds. The molecule has 0 heterocycles. The van der Waals surface area contributed by atoms with Gasteiger partial charge in [0.1, 0.15) is 22.0 Å². The van der Waals surface area contributed by atoms with E-state index in [1.165, 1.54) is 12.1 Å². The Morgan fingerprint density at radius 1 is 1.00 bits per heavy atom. The molecule has 3 aromatic rings. The molecule has 0 unspecified atom stereocenters. The van der Waals surface area contributed by atoms with Gasteiger partial charge in [-0.25, -0.2) is 0 Å². The largest absolute Gasteiger partial charge is 0.506 e. The van der Waals surface area contributed by atoms with Crippen molar-refractivity contribution in [2.24, 2.45) is 10.2 Å². The number of aromatic hydroxyl groups is 1. The fourth-order valence-electron chi connectivity index (χ4n) is 2.50. The lowest BCUT2D eigenvalue weighted by molar-refractivity contribution is 0.477. The SMILES string of the molecule is Cc1cc(Cl)c(S(=O)(=O)O)c(N=Nc2c(O)ccc3ccccc23)c1Cl. The summed E-state index contributed by atoms with van der Waals surface area (Å²) in [5.74, 6) is -0.143. The zero-order chi connectivity index (χ0) is 19.1. The van der Waals surface area contributed by atoms with E-state index in [0.29, 0.717) is 10.9 Å². The molecular formula is C17H12Cl2N2O4S. The first-order valence-corrected chi connectivity index (χ1v) is 9.48. The van der Waals surface area contributed by atoms with Crippen LogP contribution < -0.4 is 0 Å². The van der Waals surface area contributed by atoms with Crippen LogP contribution in [0, 0.1) is 6.92 Å². The highest BCUT2D eigenvalue weighted by molar-refractivity contribution is 7.86. The van der Waals surface area contributed by atoms with Crippen molar-refractivity contribution in [3.05, 3.63) is 58.1 Å². The second-order valence-electron chi connectivity index (χ2n) is 5.50. The molecule has 0 saturated carbocycles. The zero-order valence-corrected chi connectivity index (χ0v) is 15.6. The number of nitrogens with zero attached hydrogens (tertiary/aromatic N) is 2. The molecule has 2 N–H and O–H groups in total. The number of phenols is 1. The zero-order valence-electron chi connectivity index (χ0n) is 13.3. The molecule has 3 aromatic carbocycles. The molecule has 134 valence electrons. The van der Waals surface area contributed by atoms with Crippen LogP contribution in [0.2, 0.25) is 10.0 Å². The topological polar surface area (TPSA) is 99.3 Å². The van der Waals surface area contributed by atoms with Gasteiger partial charge in [-0.05, 0) is 30.0 Å². The van der Waals surface area contributed by atoms with E-state index in [2.05, 4.69) is 10.2 Å². The van der Waals surface area contributed by atoms with Gasteiger partial charge in [0.25, 0.3) is 10.1 Å². The minimum Gasteiger partial charge on any atom is -0.506 e. The fourth-order valence-corrected chi connectivity index (χ4v) is 3.98. The van der Waals surface area contributed by atoms with Gasteiger partial charge in [0, 0.05) is 5.39 Å². The standard InChI is InChI=1S/C17H12Cl2N2O4S/c1-9-8-12(18)17(26(23,24)25)16(14(9)19)21-20-15-11-5-3-2-4-10(11)6-7-13(15)22/h2-8,22H,1H3,(H,23,24,25). The van der Waals surface area contributed by atoms with Crippen LogP contribution in [0.5, 0.6) is 5.75 Å². The van der Waals surface area contributed by atoms with E-state index in [1.807, 2.05) is 12.1 Å². The molecule has 0 aliphatic heterocycles. The van der Waals surface area contributed by atoms with Crippen molar-refractivity contribution in [2.45, 2.75) is 11.8 Å². The molecule has 0 fully saturated rings. The average Bonchev–Trinajstić information content (AvgIpc) is 2.56. The number of halogens is 2. The van der Waals surface area contributed by atoms with Crippen LogP contribution in [0.1, 0.15) is 5.56 Å². The van der Waals surface area contributed by atoms with Crippen molar-refractivity contribution in [1.29, 1.82) is 0 Å². The summed E-state index contributed by atoms with van der Waals surface area (Å²) in [5.41, 5.74) is 0.296. The number of rotatable bonds is 3. The van der Waals surface area contributed by atoms with Crippen LogP contribution in [-0.4, -0.2) is 18.1 Å². The maximum Gasteiger partial charge on any atom is 0.298 e. The quantitative estimate of drug-likeness (QED) is 0.419. The molecule has 0 aromatic heterocycles. The number of benzene rings is 3. The van der Waals surface area contributed by atoms with Crippen LogP contribution in [0.3, 0.4) is 0 Å². The Balaban J connectivity index is 2.27. The van der Waals surface area contributed by atoms with Gasteiger partial charge in [0.2, 0.25) is 0 Å². The Morgan fingerprint density at radius 3 is 2.35 bits per heavy atom. The van der Waals surface area contributed by atoms with Gasteiger partial charge in [-0.1, -0.05) is 53.5 Å². The molecule has 0 bridgehead atoms. The van der Waals surface area contributed by atoms with Crippen LogP contribution in [0.4, 0.5) is 11.4 Å². The van der Waals surface area contributed by atoms with E-state index in [-0.39, 0.29) is 27.2 Å². The monoisotopic (exact) mass is 410 g/mol. The molecule has 6 nitrogen and oxygen atoms in total. The Morgan fingerprint density at radius 2 is 1.65 bits per heavy atom. The fraction of sp³-hybridized carbons (Fsp3) is 0.0588. The van der Waals surface area contributed by atoms with Crippen molar-refractivity contribution in [1.82, 2.24) is 0 Å². The van der Waals surface area contributed by atoms with Crippen molar-refractivity contribution in [3.63, 3.8) is 0 Å². The van der Waals surface area contributed by atoms with Crippen molar-refractivity contribution >= 4 is 55.5 Å². The van der Waals surface area contributed by atoms with Crippen LogP contribution in [-0.2, 0) is 10.1 Å². The molecule has 0 aliphatic carbocycles. The third-order valence-electron chi connectivity index (χ3n) is 3.72. The molecule has 26 heavy (non-hydrogen) atoms. The van der Waals surface area contributed by atoms with E-state index in [0.717, 1.165) is 5.39 Å². The maximum atomic E-state index is 11.7. The second-order valence-corrected chi connectivity index (χ2v) is 7.64. The number of hydrogen-bond acceptors (Lipinski definition) is 5. The summed E-state index contributed by atoms with van der Waals surface area (Å²) in [4.78, 5) is -0.641. The van der Waals surface area contributed by atoms with E-state index in [4.69, 9.17) is 23.2 Å². The van der Waals surface area contributed by atoms with E-state index in [9.17, 15) is 18.1 Å². The number of azo groups is 1. The minimum atomic E-state index is -4.69. The van der Waals surface area contributed by atoms with Gasteiger partial charge in [-0.15, -0.1) is 10.2 Å². The highest BCUT2D eigenvalue weighted by atomic mass is 35.5. The van der Waals surface area contributed by atoms with Crippen molar-refractivity contribution in [3.8, 4) is 5.75 Å². The lowest BCUT2D eigenvalue weighted by atomic mass is 10.1. The molecule has 3 rings (SSSR count). The average molecular weight is 411 g/mol. The molecule has 0 radical (unpaired) electrons. The number of hydrogen-bond donors (Lipinski definition) is 2. The normalized spacial score (nSPS) is 12.2. The Bertz CT molecular complexity index is 1160. The highest BCUT2D eigenvalue weighted by Gasteiger charge is 2.24. The smallest absolute Gasteiger partial charge is 0.298 e. The lowest BCUT2D eigenvalue weighted by Crippen LogP contribution is -2.01. The van der Waals surface area contributed by atoms with E-state index < -0.39 is 15.0 Å². The number of phenolic OH excluding ortho intramolecular Hbond substituents is 1. The summed E-state index contributed by atoms with van der Waals surface area (Å²) in [6, 6.07) is 11.6. The van der Waals surface area contributed by atoms with Gasteiger partial charge in [0.05, 0.1) is 10.0 Å². The Labute approximate surface area is 159 Å². The van der Waals surface area contributed by atoms with Gasteiger partial charge in [0.15, 0.2) is 0 Å². The van der Waals surface area contributed by atoms with Crippen LogP contribution >= 0.6 is 23.2 Å². The minimum absolute atomic E-state index is 0.0227. The van der Waals surface area contributed by atoms with Crippen molar-refractivity contribution < 1.29 is 18.1 Å². The van der Waals surface area contributed by atoms with E-state index >= 15 is 0 Å². The first-order valence-electron chi connectivity index (χ1n) is 7.28. The second kappa shape index (κ2) is 6.85.